The molecule has 0 radical (unpaired) electrons. The quantitative estimate of drug-likeness (QED) is 0.845. The third kappa shape index (κ3) is 4.05. The number of hydrogen-bond acceptors (Lipinski definition) is 2. The van der Waals surface area contributed by atoms with Crippen LogP contribution in [0.3, 0.4) is 0 Å². The van der Waals surface area contributed by atoms with E-state index in [0.717, 1.165) is 38.8 Å². The Kier molecular flexibility index (Phi) is 5.41. The highest BCUT2D eigenvalue weighted by molar-refractivity contribution is 5.17. The SMILES string of the molecule is CCCNC1CCOC(CC)(Cc2ccccc2)C1. The van der Waals surface area contributed by atoms with Crippen LogP contribution in [-0.2, 0) is 11.2 Å². The van der Waals surface area contributed by atoms with Gasteiger partial charge in [-0.3, -0.25) is 0 Å². The van der Waals surface area contributed by atoms with Gasteiger partial charge in [-0.1, -0.05) is 44.2 Å². The molecule has 1 heterocycles. The summed E-state index contributed by atoms with van der Waals surface area (Å²) in [5, 5.41) is 3.67. The van der Waals surface area contributed by atoms with Crippen LogP contribution in [0.4, 0.5) is 0 Å². The van der Waals surface area contributed by atoms with E-state index in [-0.39, 0.29) is 5.60 Å². The zero-order valence-corrected chi connectivity index (χ0v) is 12.3. The first-order chi connectivity index (χ1) is 9.28. The molecule has 0 aliphatic carbocycles. The Morgan fingerprint density at radius 3 is 2.74 bits per heavy atom. The second kappa shape index (κ2) is 7.06. The molecule has 1 fully saturated rings. The van der Waals surface area contributed by atoms with Crippen molar-refractivity contribution in [1.82, 2.24) is 5.32 Å². The summed E-state index contributed by atoms with van der Waals surface area (Å²) in [6.07, 6.45) is 5.62. The molecule has 1 aromatic carbocycles. The van der Waals surface area contributed by atoms with Crippen molar-refractivity contribution in [2.24, 2.45) is 0 Å². The maximum atomic E-state index is 6.19. The van der Waals surface area contributed by atoms with Crippen molar-refractivity contribution >= 4 is 0 Å². The second-order valence-electron chi connectivity index (χ2n) is 5.69. The first kappa shape index (κ1) is 14.5. The van der Waals surface area contributed by atoms with Crippen LogP contribution >= 0.6 is 0 Å². The fraction of sp³-hybridized carbons (Fsp3) is 0.647. The highest BCUT2D eigenvalue weighted by Gasteiger charge is 2.35. The predicted molar refractivity (Wildman–Crippen MR) is 80.4 cm³/mol. The molecule has 0 amide bonds. The van der Waals surface area contributed by atoms with Crippen molar-refractivity contribution in [3.63, 3.8) is 0 Å². The molecule has 1 saturated heterocycles. The molecule has 2 unspecified atom stereocenters. The van der Waals surface area contributed by atoms with Gasteiger partial charge in [0, 0.05) is 19.1 Å². The van der Waals surface area contributed by atoms with Gasteiger partial charge in [-0.05, 0) is 37.8 Å². The molecule has 1 aliphatic heterocycles. The number of nitrogens with one attached hydrogen (secondary N) is 1. The molecule has 2 atom stereocenters. The minimum atomic E-state index is 0.0327. The molecule has 1 aliphatic rings. The molecule has 0 bridgehead atoms. The zero-order valence-electron chi connectivity index (χ0n) is 12.3. The lowest BCUT2D eigenvalue weighted by Crippen LogP contribution is -2.48. The van der Waals surface area contributed by atoms with Crippen LogP contribution in [0, 0.1) is 0 Å². The lowest BCUT2D eigenvalue weighted by atomic mass is 9.83. The average molecular weight is 261 g/mol. The molecule has 2 nitrogen and oxygen atoms in total. The molecule has 0 aromatic heterocycles. The molecule has 0 saturated carbocycles. The Bertz CT molecular complexity index is 365. The first-order valence-electron chi connectivity index (χ1n) is 7.69. The minimum absolute atomic E-state index is 0.0327. The van der Waals surface area contributed by atoms with E-state index < -0.39 is 0 Å². The van der Waals surface area contributed by atoms with E-state index in [1.165, 1.54) is 12.0 Å². The van der Waals surface area contributed by atoms with Gasteiger partial charge in [-0.25, -0.2) is 0 Å². The normalized spacial score (nSPS) is 27.4. The van der Waals surface area contributed by atoms with Gasteiger partial charge in [0.15, 0.2) is 0 Å². The molecular formula is C17H27NO. The lowest BCUT2D eigenvalue weighted by Gasteiger charge is -2.41. The fourth-order valence-corrected chi connectivity index (χ4v) is 3.01. The summed E-state index contributed by atoms with van der Waals surface area (Å²) in [5.74, 6) is 0. The molecule has 0 spiro atoms. The summed E-state index contributed by atoms with van der Waals surface area (Å²) in [6, 6.07) is 11.4. The topological polar surface area (TPSA) is 21.3 Å². The van der Waals surface area contributed by atoms with Gasteiger partial charge in [-0.15, -0.1) is 0 Å². The molecule has 2 rings (SSSR count). The standard InChI is InChI=1S/C17H27NO/c1-3-11-18-16-10-12-19-17(4-2,14-16)13-15-8-6-5-7-9-15/h5-9,16,18H,3-4,10-14H2,1-2H3. The zero-order chi connectivity index (χ0) is 13.6. The minimum Gasteiger partial charge on any atom is -0.375 e. The van der Waals surface area contributed by atoms with E-state index in [1.54, 1.807) is 0 Å². The fourth-order valence-electron chi connectivity index (χ4n) is 3.01. The summed E-state index contributed by atoms with van der Waals surface area (Å²) in [7, 11) is 0. The van der Waals surface area contributed by atoms with Crippen LogP contribution in [0.1, 0.15) is 45.1 Å². The third-order valence-electron chi connectivity index (χ3n) is 4.19. The number of rotatable bonds is 6. The van der Waals surface area contributed by atoms with Crippen molar-refractivity contribution in [3.8, 4) is 0 Å². The largest absolute Gasteiger partial charge is 0.375 e. The average Bonchev–Trinajstić information content (AvgIpc) is 2.46. The van der Waals surface area contributed by atoms with Gasteiger partial charge in [0.05, 0.1) is 5.60 Å². The van der Waals surface area contributed by atoms with E-state index in [0.29, 0.717) is 6.04 Å². The van der Waals surface area contributed by atoms with Crippen molar-refractivity contribution in [1.29, 1.82) is 0 Å². The van der Waals surface area contributed by atoms with Crippen molar-refractivity contribution < 1.29 is 4.74 Å². The van der Waals surface area contributed by atoms with E-state index >= 15 is 0 Å². The Balaban J connectivity index is 2.00. The second-order valence-corrected chi connectivity index (χ2v) is 5.69. The van der Waals surface area contributed by atoms with E-state index in [1.807, 2.05) is 0 Å². The molecule has 1 aromatic rings. The summed E-state index contributed by atoms with van der Waals surface area (Å²) >= 11 is 0. The van der Waals surface area contributed by atoms with Gasteiger partial charge in [0.1, 0.15) is 0 Å². The van der Waals surface area contributed by atoms with Crippen molar-refractivity contribution in [2.45, 2.75) is 57.6 Å². The molecule has 2 heteroatoms. The number of benzene rings is 1. The maximum absolute atomic E-state index is 6.19. The van der Waals surface area contributed by atoms with Crippen LogP contribution in [0.5, 0.6) is 0 Å². The molecule has 106 valence electrons. The van der Waals surface area contributed by atoms with Crippen LogP contribution in [0.15, 0.2) is 30.3 Å². The Morgan fingerprint density at radius 1 is 1.26 bits per heavy atom. The van der Waals surface area contributed by atoms with Gasteiger partial charge in [0.25, 0.3) is 0 Å². The van der Waals surface area contributed by atoms with Crippen LogP contribution < -0.4 is 5.32 Å². The van der Waals surface area contributed by atoms with E-state index in [9.17, 15) is 0 Å². The maximum Gasteiger partial charge on any atom is 0.0734 e. The summed E-state index contributed by atoms with van der Waals surface area (Å²) in [5.41, 5.74) is 1.42. The Hall–Kier alpha value is -0.860. The number of hydrogen-bond donors (Lipinski definition) is 1. The molecule has 1 N–H and O–H groups in total. The van der Waals surface area contributed by atoms with Crippen LogP contribution in [0.2, 0.25) is 0 Å². The van der Waals surface area contributed by atoms with Crippen molar-refractivity contribution in [2.75, 3.05) is 13.2 Å². The monoisotopic (exact) mass is 261 g/mol. The van der Waals surface area contributed by atoms with E-state index in [2.05, 4.69) is 49.5 Å². The highest BCUT2D eigenvalue weighted by atomic mass is 16.5. The van der Waals surface area contributed by atoms with Gasteiger partial charge < -0.3 is 10.1 Å². The number of ether oxygens (including phenoxy) is 1. The summed E-state index contributed by atoms with van der Waals surface area (Å²) < 4.78 is 6.19. The molecule has 19 heavy (non-hydrogen) atoms. The van der Waals surface area contributed by atoms with Gasteiger partial charge in [-0.2, -0.15) is 0 Å². The predicted octanol–water partition coefficient (Wildman–Crippen LogP) is 3.56. The highest BCUT2D eigenvalue weighted by Crippen LogP contribution is 2.32. The van der Waals surface area contributed by atoms with Crippen LogP contribution in [0.25, 0.3) is 0 Å². The van der Waals surface area contributed by atoms with Gasteiger partial charge in [0.2, 0.25) is 0 Å². The van der Waals surface area contributed by atoms with E-state index in [4.69, 9.17) is 4.74 Å². The van der Waals surface area contributed by atoms with Gasteiger partial charge >= 0.3 is 0 Å². The summed E-state index contributed by atoms with van der Waals surface area (Å²) in [4.78, 5) is 0. The smallest absolute Gasteiger partial charge is 0.0734 e. The third-order valence-corrected chi connectivity index (χ3v) is 4.19. The lowest BCUT2D eigenvalue weighted by molar-refractivity contribution is -0.0903. The Morgan fingerprint density at radius 2 is 2.05 bits per heavy atom. The molecular weight excluding hydrogens is 234 g/mol. The first-order valence-corrected chi connectivity index (χ1v) is 7.69. The Labute approximate surface area is 117 Å². The summed E-state index contributed by atoms with van der Waals surface area (Å²) in [6.45, 7) is 6.49. The van der Waals surface area contributed by atoms with Crippen LogP contribution in [-0.4, -0.2) is 24.8 Å². The van der Waals surface area contributed by atoms with Crippen molar-refractivity contribution in [3.05, 3.63) is 35.9 Å².